The Morgan fingerprint density at radius 3 is 2.84 bits per heavy atom. The average molecular weight is 342 g/mol. The van der Waals surface area contributed by atoms with Crippen LogP contribution in [-0.4, -0.2) is 34.5 Å². The number of imidazole rings is 1. The number of hydrogen-bond donors (Lipinski definition) is 2. The standard InChI is InChI=1S/C16H14N4O5/c1-24-14-8-10(6-7-13(14)20(22)23)25-9-15(21)19-16-17-11-4-2-3-5-12(11)18-16/h2-8H,9H2,1H3,(H2,17,18,19,21). The zero-order valence-electron chi connectivity index (χ0n) is 13.2. The van der Waals surface area contributed by atoms with Gasteiger partial charge in [0.1, 0.15) is 5.75 Å². The summed E-state index contributed by atoms with van der Waals surface area (Å²) in [6.07, 6.45) is 0. The van der Waals surface area contributed by atoms with Crippen molar-refractivity contribution in [3.63, 3.8) is 0 Å². The molecule has 9 nitrogen and oxygen atoms in total. The molecule has 1 amide bonds. The van der Waals surface area contributed by atoms with Crippen molar-refractivity contribution in [2.45, 2.75) is 0 Å². The highest BCUT2D eigenvalue weighted by Gasteiger charge is 2.16. The third-order valence-corrected chi connectivity index (χ3v) is 3.37. The second kappa shape index (κ2) is 6.87. The predicted octanol–water partition coefficient (Wildman–Crippen LogP) is 2.50. The first-order chi connectivity index (χ1) is 12.1. The van der Waals surface area contributed by atoms with Gasteiger partial charge in [0.15, 0.2) is 6.61 Å². The quantitative estimate of drug-likeness (QED) is 0.524. The second-order valence-corrected chi connectivity index (χ2v) is 5.03. The first-order valence-electron chi connectivity index (χ1n) is 7.26. The largest absolute Gasteiger partial charge is 0.490 e. The SMILES string of the molecule is COc1cc(OCC(=O)Nc2nc3ccccc3[nH]2)ccc1[N+](=O)[O-]. The van der Waals surface area contributed by atoms with Crippen LogP contribution in [0.25, 0.3) is 11.0 Å². The van der Waals surface area contributed by atoms with E-state index in [9.17, 15) is 14.9 Å². The predicted molar refractivity (Wildman–Crippen MR) is 89.9 cm³/mol. The summed E-state index contributed by atoms with van der Waals surface area (Å²) in [6, 6.07) is 11.4. The van der Waals surface area contributed by atoms with Gasteiger partial charge in [-0.1, -0.05) is 12.1 Å². The van der Waals surface area contributed by atoms with Gasteiger partial charge < -0.3 is 14.5 Å². The van der Waals surface area contributed by atoms with Crippen LogP contribution in [0.1, 0.15) is 0 Å². The van der Waals surface area contributed by atoms with Crippen molar-refractivity contribution >= 4 is 28.6 Å². The van der Waals surface area contributed by atoms with Crippen LogP contribution in [0.3, 0.4) is 0 Å². The van der Waals surface area contributed by atoms with Crippen LogP contribution in [0.15, 0.2) is 42.5 Å². The molecule has 0 saturated heterocycles. The van der Waals surface area contributed by atoms with Crippen molar-refractivity contribution in [2.75, 3.05) is 19.0 Å². The van der Waals surface area contributed by atoms with Gasteiger partial charge in [-0.25, -0.2) is 4.98 Å². The lowest BCUT2D eigenvalue weighted by molar-refractivity contribution is -0.385. The van der Waals surface area contributed by atoms with E-state index in [1.54, 1.807) is 0 Å². The number of aromatic amines is 1. The normalized spacial score (nSPS) is 10.4. The van der Waals surface area contributed by atoms with Gasteiger partial charge in [-0.3, -0.25) is 20.2 Å². The molecule has 0 saturated carbocycles. The van der Waals surface area contributed by atoms with Gasteiger partial charge in [0, 0.05) is 12.1 Å². The fraction of sp³-hybridized carbons (Fsp3) is 0.125. The summed E-state index contributed by atoms with van der Waals surface area (Å²) in [5.41, 5.74) is 1.36. The fourth-order valence-corrected chi connectivity index (χ4v) is 2.23. The molecule has 128 valence electrons. The molecule has 25 heavy (non-hydrogen) atoms. The summed E-state index contributed by atoms with van der Waals surface area (Å²) >= 11 is 0. The first-order valence-corrected chi connectivity index (χ1v) is 7.26. The Morgan fingerprint density at radius 2 is 2.12 bits per heavy atom. The van der Waals surface area contributed by atoms with Crippen molar-refractivity contribution in [1.82, 2.24) is 9.97 Å². The zero-order chi connectivity index (χ0) is 17.8. The summed E-state index contributed by atoms with van der Waals surface area (Å²) in [4.78, 5) is 29.4. The van der Waals surface area contributed by atoms with Gasteiger partial charge in [-0.15, -0.1) is 0 Å². The van der Waals surface area contributed by atoms with E-state index >= 15 is 0 Å². The summed E-state index contributed by atoms with van der Waals surface area (Å²) in [5, 5.41) is 13.4. The van der Waals surface area contributed by atoms with Crippen LogP contribution in [0, 0.1) is 10.1 Å². The Balaban J connectivity index is 1.63. The number of ether oxygens (including phenoxy) is 2. The Morgan fingerprint density at radius 1 is 1.32 bits per heavy atom. The minimum absolute atomic E-state index is 0.0557. The van der Waals surface area contributed by atoms with Gasteiger partial charge in [-0.2, -0.15) is 0 Å². The summed E-state index contributed by atoms with van der Waals surface area (Å²) < 4.78 is 10.3. The average Bonchev–Trinajstić information content (AvgIpc) is 3.01. The highest BCUT2D eigenvalue weighted by atomic mass is 16.6. The Hall–Kier alpha value is -3.62. The van der Waals surface area contributed by atoms with E-state index < -0.39 is 10.8 Å². The third kappa shape index (κ3) is 3.66. The number of amides is 1. The molecule has 0 bridgehead atoms. The maximum absolute atomic E-state index is 12.0. The monoisotopic (exact) mass is 342 g/mol. The van der Waals surface area contributed by atoms with E-state index in [0.29, 0.717) is 5.95 Å². The van der Waals surface area contributed by atoms with E-state index in [-0.39, 0.29) is 23.8 Å². The van der Waals surface area contributed by atoms with E-state index in [4.69, 9.17) is 9.47 Å². The Labute approximate surface area is 141 Å². The number of nitro benzene ring substituents is 1. The van der Waals surface area contributed by atoms with Gasteiger partial charge >= 0.3 is 5.69 Å². The molecule has 0 atom stereocenters. The summed E-state index contributed by atoms with van der Waals surface area (Å²) in [7, 11) is 1.32. The van der Waals surface area contributed by atoms with Crippen LogP contribution < -0.4 is 14.8 Å². The van der Waals surface area contributed by atoms with Gasteiger partial charge in [0.2, 0.25) is 11.7 Å². The number of methoxy groups -OCH3 is 1. The lowest BCUT2D eigenvalue weighted by Gasteiger charge is -2.07. The molecule has 0 aliphatic heterocycles. The highest BCUT2D eigenvalue weighted by molar-refractivity contribution is 5.92. The maximum atomic E-state index is 12.0. The van der Waals surface area contributed by atoms with Crippen molar-refractivity contribution in [1.29, 1.82) is 0 Å². The zero-order valence-corrected chi connectivity index (χ0v) is 13.2. The molecule has 0 aliphatic rings. The van der Waals surface area contributed by atoms with Crippen LogP contribution in [0.4, 0.5) is 11.6 Å². The number of anilines is 1. The number of H-pyrrole nitrogens is 1. The van der Waals surface area contributed by atoms with E-state index in [2.05, 4.69) is 15.3 Å². The number of nitrogens with one attached hydrogen (secondary N) is 2. The molecule has 0 aliphatic carbocycles. The third-order valence-electron chi connectivity index (χ3n) is 3.37. The maximum Gasteiger partial charge on any atom is 0.311 e. The first kappa shape index (κ1) is 16.2. The van der Waals surface area contributed by atoms with Crippen LogP contribution in [0.2, 0.25) is 0 Å². The molecule has 1 heterocycles. The molecule has 0 unspecified atom stereocenters. The highest BCUT2D eigenvalue weighted by Crippen LogP contribution is 2.30. The number of fused-ring (bicyclic) bond motifs is 1. The fourth-order valence-electron chi connectivity index (χ4n) is 2.23. The van der Waals surface area contributed by atoms with Crippen molar-refractivity contribution < 1.29 is 19.2 Å². The summed E-state index contributed by atoms with van der Waals surface area (Å²) in [6.45, 7) is -0.280. The number of carbonyl (C=O) groups is 1. The number of rotatable bonds is 6. The van der Waals surface area contributed by atoms with E-state index in [1.165, 1.54) is 25.3 Å². The Kier molecular flexibility index (Phi) is 4.46. The number of para-hydroxylation sites is 2. The number of benzene rings is 2. The second-order valence-electron chi connectivity index (χ2n) is 5.03. The smallest absolute Gasteiger partial charge is 0.311 e. The van der Waals surface area contributed by atoms with Gasteiger partial charge in [-0.05, 0) is 18.2 Å². The molecule has 0 spiro atoms. The van der Waals surface area contributed by atoms with Crippen molar-refractivity contribution in [3.05, 3.63) is 52.6 Å². The Bertz CT molecular complexity index is 904. The van der Waals surface area contributed by atoms with E-state index in [0.717, 1.165) is 11.0 Å². The molecule has 0 fully saturated rings. The lowest BCUT2D eigenvalue weighted by Crippen LogP contribution is -2.20. The number of aromatic nitrogens is 2. The molecule has 9 heteroatoms. The number of carbonyl (C=O) groups excluding carboxylic acids is 1. The lowest BCUT2D eigenvalue weighted by atomic mass is 10.3. The molecule has 2 N–H and O–H groups in total. The molecule has 2 aromatic carbocycles. The molecular weight excluding hydrogens is 328 g/mol. The van der Waals surface area contributed by atoms with Crippen molar-refractivity contribution in [3.8, 4) is 11.5 Å². The van der Waals surface area contributed by atoms with Crippen molar-refractivity contribution in [2.24, 2.45) is 0 Å². The molecule has 3 aromatic rings. The van der Waals surface area contributed by atoms with Crippen LogP contribution >= 0.6 is 0 Å². The summed E-state index contributed by atoms with van der Waals surface area (Å²) in [5.74, 6) is 0.231. The molecular formula is C16H14N4O5. The van der Waals surface area contributed by atoms with Gasteiger partial charge in [0.25, 0.3) is 5.91 Å². The number of hydrogen-bond acceptors (Lipinski definition) is 6. The minimum atomic E-state index is -0.559. The van der Waals surface area contributed by atoms with Gasteiger partial charge in [0.05, 0.1) is 23.1 Å². The number of nitrogens with zero attached hydrogens (tertiary/aromatic N) is 2. The topological polar surface area (TPSA) is 119 Å². The van der Waals surface area contributed by atoms with Crippen LogP contribution in [0.5, 0.6) is 11.5 Å². The molecule has 1 aromatic heterocycles. The molecule has 0 radical (unpaired) electrons. The van der Waals surface area contributed by atoms with E-state index in [1.807, 2.05) is 24.3 Å². The number of nitro groups is 1. The van der Waals surface area contributed by atoms with Crippen LogP contribution in [-0.2, 0) is 4.79 Å². The molecule has 3 rings (SSSR count). The minimum Gasteiger partial charge on any atom is -0.490 e.